The number of ketones is 2. The molecule has 3 N–H and O–H groups in total. The van der Waals surface area contributed by atoms with E-state index in [9.17, 15) is 24.3 Å². The zero-order valence-electron chi connectivity index (χ0n) is 35.9. The van der Waals surface area contributed by atoms with Crippen molar-refractivity contribution < 1.29 is 29.0 Å². The maximum atomic E-state index is 14.1. The van der Waals surface area contributed by atoms with Gasteiger partial charge < -0.3 is 20.5 Å². The van der Waals surface area contributed by atoms with Crippen LogP contribution in [0.3, 0.4) is 0 Å². The van der Waals surface area contributed by atoms with Crippen molar-refractivity contribution in [1.82, 2.24) is 10.6 Å². The highest BCUT2D eigenvalue weighted by atomic mass is 16.5. The number of ether oxygens (including phenoxy) is 1. The molecule has 0 radical (unpaired) electrons. The summed E-state index contributed by atoms with van der Waals surface area (Å²) in [5, 5.41) is 15.7. The zero-order chi connectivity index (χ0) is 40.4. The van der Waals surface area contributed by atoms with Crippen LogP contribution in [0.1, 0.15) is 159 Å². The summed E-state index contributed by atoms with van der Waals surface area (Å²) in [4.78, 5) is 49.1. The lowest BCUT2D eigenvalue weighted by Crippen LogP contribution is -2.44. The first kappa shape index (κ1) is 43.8. The number of Topliss-reactive ketones (excluding diaryl/α,β-unsaturated/α-hetero) is 1. The predicted molar refractivity (Wildman–Crippen MR) is 216 cm³/mol. The predicted octanol–water partition coefficient (Wildman–Crippen LogP) is 9.74. The molecule has 8 unspecified atom stereocenters. The average molecular weight is 751 g/mol. The summed E-state index contributed by atoms with van der Waals surface area (Å²) in [5.41, 5.74) is 2.72. The third-order valence-corrected chi connectivity index (χ3v) is 15.0. The summed E-state index contributed by atoms with van der Waals surface area (Å²) in [6.45, 7) is 21.1. The SMILES string of the molecule is CCC(=O)NC.CCC=C(CC(C)(C)C(=O)O)OC(C)CCC1(C)C(C)CCC23C1CCC21C2=C(C(C)C)C(=O)CC2(/C(=C/C(=O)CCC)NC)CCC13. The van der Waals surface area contributed by atoms with Crippen LogP contribution in [-0.4, -0.2) is 48.7 Å². The number of rotatable bonds is 16. The second-order valence-corrected chi connectivity index (χ2v) is 18.7. The molecule has 5 aliphatic carbocycles. The molecule has 54 heavy (non-hydrogen) atoms. The third-order valence-electron chi connectivity index (χ3n) is 15.0. The van der Waals surface area contributed by atoms with Crippen LogP contribution in [0.5, 0.6) is 0 Å². The number of hydrogen-bond donors (Lipinski definition) is 3. The van der Waals surface area contributed by atoms with Crippen LogP contribution >= 0.6 is 0 Å². The first-order valence-electron chi connectivity index (χ1n) is 21.3. The fraction of sp³-hybridized carbons (Fsp3) is 0.783. The number of aliphatic carboxylic acids is 1. The van der Waals surface area contributed by atoms with E-state index in [1.165, 1.54) is 24.8 Å². The van der Waals surface area contributed by atoms with E-state index in [2.05, 4.69) is 65.2 Å². The molecule has 2 spiro atoms. The van der Waals surface area contributed by atoms with Gasteiger partial charge in [0, 0.05) is 62.4 Å². The van der Waals surface area contributed by atoms with E-state index in [-0.39, 0.29) is 45.4 Å². The van der Waals surface area contributed by atoms with Gasteiger partial charge in [-0.2, -0.15) is 0 Å². The van der Waals surface area contributed by atoms with Crippen molar-refractivity contribution >= 4 is 23.4 Å². The van der Waals surface area contributed by atoms with Crippen LogP contribution in [0.2, 0.25) is 0 Å². The number of carboxylic acid groups (broad SMARTS) is 1. The van der Waals surface area contributed by atoms with Crippen molar-refractivity contribution in [2.24, 2.45) is 50.7 Å². The Morgan fingerprint density at radius 3 is 2.20 bits per heavy atom. The van der Waals surface area contributed by atoms with Gasteiger partial charge in [0.2, 0.25) is 5.91 Å². The number of carbonyl (C=O) groups excluding carboxylic acids is 3. The highest BCUT2D eigenvalue weighted by molar-refractivity contribution is 6.02. The molecule has 8 atom stereocenters. The van der Waals surface area contributed by atoms with E-state index in [0.717, 1.165) is 62.0 Å². The Morgan fingerprint density at radius 2 is 1.67 bits per heavy atom. The normalized spacial score (nSPS) is 33.5. The standard InChI is InChI=1S/C42H65NO5.C4H9NO/c1-11-13-29(44)23-34(43-10)40-20-17-33-41-21-15-27(5)39(9,19-16-28(6)48-30(14-12-2)24-38(7,8)37(46)47)32(41)18-22-42(33,41)36(40)35(26(3)4)31(45)25-40;1-3-4(6)5-2/h14,23,26-28,32-33,43H,11-13,15-22,24-25H2,1-10H3,(H,46,47);3H2,1-2H3,(H,5,6)/b30-14?,34-23-;. The van der Waals surface area contributed by atoms with Crippen molar-refractivity contribution in [2.45, 2.75) is 165 Å². The van der Waals surface area contributed by atoms with E-state index >= 15 is 0 Å². The summed E-state index contributed by atoms with van der Waals surface area (Å²) in [7, 11) is 3.58. The first-order chi connectivity index (χ1) is 25.3. The van der Waals surface area contributed by atoms with Crippen molar-refractivity contribution in [3.63, 3.8) is 0 Å². The van der Waals surface area contributed by atoms with Gasteiger partial charge in [-0.15, -0.1) is 0 Å². The molecule has 0 aromatic heterocycles. The minimum atomic E-state index is -0.872. The summed E-state index contributed by atoms with van der Waals surface area (Å²) < 4.78 is 6.51. The van der Waals surface area contributed by atoms with Crippen molar-refractivity contribution in [3.8, 4) is 0 Å². The molecule has 1 amide bonds. The van der Waals surface area contributed by atoms with Crippen LogP contribution < -0.4 is 10.6 Å². The second-order valence-electron chi connectivity index (χ2n) is 18.7. The maximum absolute atomic E-state index is 14.1. The number of fused-ring (bicyclic) bond motifs is 1. The third kappa shape index (κ3) is 7.38. The van der Waals surface area contributed by atoms with E-state index in [1.54, 1.807) is 20.9 Å². The number of carboxylic acids is 1. The Balaban J connectivity index is 0.000001000. The quantitative estimate of drug-likeness (QED) is 0.106. The molecule has 0 saturated heterocycles. The van der Waals surface area contributed by atoms with Gasteiger partial charge in [-0.05, 0) is 137 Å². The van der Waals surface area contributed by atoms with Gasteiger partial charge in [0.25, 0.3) is 0 Å². The summed E-state index contributed by atoms with van der Waals surface area (Å²) in [6.07, 6.45) is 16.5. The van der Waals surface area contributed by atoms with Gasteiger partial charge in [0.15, 0.2) is 11.6 Å². The molecule has 5 aliphatic rings. The van der Waals surface area contributed by atoms with E-state index in [1.807, 2.05) is 20.0 Å². The Kier molecular flexibility index (Phi) is 13.5. The van der Waals surface area contributed by atoms with Crippen LogP contribution in [0.25, 0.3) is 0 Å². The molecule has 4 saturated carbocycles. The molecule has 8 heteroatoms. The number of hydrogen-bond acceptors (Lipinski definition) is 6. The van der Waals surface area contributed by atoms with Gasteiger partial charge in [-0.1, -0.05) is 48.5 Å². The number of amides is 1. The topological polar surface area (TPSA) is 122 Å². The van der Waals surface area contributed by atoms with Crippen LogP contribution in [0, 0.1) is 50.7 Å². The van der Waals surface area contributed by atoms with E-state index in [4.69, 9.17) is 4.74 Å². The molecule has 0 aromatic rings. The number of allylic oxidation sites excluding steroid dienone is 5. The Labute approximate surface area is 327 Å². The summed E-state index contributed by atoms with van der Waals surface area (Å²) in [6, 6.07) is 0. The lowest BCUT2D eigenvalue weighted by molar-refractivity contribution is -0.147. The van der Waals surface area contributed by atoms with Crippen molar-refractivity contribution in [2.75, 3.05) is 14.1 Å². The Bertz CT molecular complexity index is 1530. The van der Waals surface area contributed by atoms with Crippen molar-refractivity contribution in [3.05, 3.63) is 34.8 Å². The fourth-order valence-electron chi connectivity index (χ4n) is 12.3. The van der Waals surface area contributed by atoms with Crippen LogP contribution in [-0.2, 0) is 23.9 Å². The van der Waals surface area contributed by atoms with Gasteiger partial charge in [-0.25, -0.2) is 0 Å². The molecule has 4 fully saturated rings. The molecule has 0 heterocycles. The molecule has 0 bridgehead atoms. The van der Waals surface area contributed by atoms with Crippen LogP contribution in [0.4, 0.5) is 0 Å². The highest BCUT2D eigenvalue weighted by Gasteiger charge is 2.87. The largest absolute Gasteiger partial charge is 0.495 e. The molecule has 304 valence electrons. The lowest BCUT2D eigenvalue weighted by Gasteiger charge is -2.51. The molecular formula is C46H74N2O6. The highest BCUT2D eigenvalue weighted by Crippen LogP contribution is 2.93. The van der Waals surface area contributed by atoms with Crippen molar-refractivity contribution in [1.29, 1.82) is 0 Å². The minimum absolute atomic E-state index is 0.00507. The smallest absolute Gasteiger partial charge is 0.309 e. The Morgan fingerprint density at radius 1 is 1.00 bits per heavy atom. The summed E-state index contributed by atoms with van der Waals surface area (Å²) in [5.74, 6) is 2.55. The van der Waals surface area contributed by atoms with E-state index < -0.39 is 11.4 Å². The van der Waals surface area contributed by atoms with E-state index in [0.29, 0.717) is 49.2 Å². The maximum Gasteiger partial charge on any atom is 0.309 e. The molecule has 0 aromatic carbocycles. The molecule has 8 nitrogen and oxygen atoms in total. The second kappa shape index (κ2) is 16.7. The average Bonchev–Trinajstić information content (AvgIpc) is 3.31. The number of carbonyl (C=O) groups is 4. The summed E-state index contributed by atoms with van der Waals surface area (Å²) >= 11 is 0. The Hall–Kier alpha value is -2.90. The van der Waals surface area contributed by atoms with Crippen LogP contribution in [0.15, 0.2) is 34.8 Å². The fourth-order valence-corrected chi connectivity index (χ4v) is 12.3. The molecule has 0 aliphatic heterocycles. The van der Waals surface area contributed by atoms with Gasteiger partial charge in [0.05, 0.1) is 17.3 Å². The minimum Gasteiger partial charge on any atom is -0.495 e. The zero-order valence-corrected chi connectivity index (χ0v) is 35.9. The van der Waals surface area contributed by atoms with Gasteiger partial charge >= 0.3 is 5.97 Å². The molecular weight excluding hydrogens is 677 g/mol. The lowest BCUT2D eigenvalue weighted by atomic mass is 9.54. The van der Waals surface area contributed by atoms with Gasteiger partial charge in [-0.3, -0.25) is 19.2 Å². The first-order valence-corrected chi connectivity index (χ1v) is 21.3. The number of nitrogens with one attached hydrogen (secondary N) is 2. The van der Waals surface area contributed by atoms with Gasteiger partial charge in [0.1, 0.15) is 0 Å². The monoisotopic (exact) mass is 751 g/mol. The molecule has 5 rings (SSSR count).